The lowest BCUT2D eigenvalue weighted by Crippen LogP contribution is -2.49. The minimum absolute atomic E-state index is 0.00490. The van der Waals surface area contributed by atoms with Gasteiger partial charge in [0.15, 0.2) is 5.69 Å². The maximum atomic E-state index is 12.8. The van der Waals surface area contributed by atoms with Gasteiger partial charge in [-0.05, 0) is 49.2 Å². The molecular formula is C22H24N4O. The van der Waals surface area contributed by atoms with Crippen LogP contribution in [0.25, 0.3) is 5.69 Å². The van der Waals surface area contributed by atoms with Crippen molar-refractivity contribution in [3.63, 3.8) is 0 Å². The molecule has 5 nitrogen and oxygen atoms in total. The Labute approximate surface area is 159 Å². The SMILES string of the molecule is Cc1cccc(N2CCN(C(=O)c3ccn(-c4ccccc4)n3)CC2)c1C. The number of nitrogens with zero attached hydrogens (tertiary/aromatic N) is 4. The lowest BCUT2D eigenvalue weighted by Gasteiger charge is -2.36. The normalized spacial score (nSPS) is 14.4. The number of carbonyl (C=O) groups is 1. The Morgan fingerprint density at radius 2 is 1.63 bits per heavy atom. The first-order valence-electron chi connectivity index (χ1n) is 9.35. The molecule has 1 fully saturated rings. The van der Waals surface area contributed by atoms with E-state index in [-0.39, 0.29) is 5.91 Å². The van der Waals surface area contributed by atoms with Gasteiger partial charge in [-0.1, -0.05) is 30.3 Å². The minimum Gasteiger partial charge on any atom is -0.368 e. The summed E-state index contributed by atoms with van der Waals surface area (Å²) in [5.41, 5.74) is 5.35. The van der Waals surface area contributed by atoms with E-state index in [0.717, 1.165) is 18.8 Å². The summed E-state index contributed by atoms with van der Waals surface area (Å²) in [6.07, 6.45) is 1.84. The summed E-state index contributed by atoms with van der Waals surface area (Å²) < 4.78 is 1.75. The van der Waals surface area contributed by atoms with Gasteiger partial charge < -0.3 is 9.80 Å². The van der Waals surface area contributed by atoms with E-state index in [1.54, 1.807) is 10.7 Å². The number of hydrogen-bond acceptors (Lipinski definition) is 3. The van der Waals surface area contributed by atoms with Crippen molar-refractivity contribution in [1.82, 2.24) is 14.7 Å². The van der Waals surface area contributed by atoms with E-state index in [2.05, 4.69) is 42.0 Å². The molecule has 0 aliphatic carbocycles. The Hall–Kier alpha value is -3.08. The number of benzene rings is 2. The van der Waals surface area contributed by atoms with Crippen molar-refractivity contribution in [3.05, 3.63) is 77.6 Å². The molecule has 0 bridgehead atoms. The van der Waals surface area contributed by atoms with Crippen LogP contribution >= 0.6 is 0 Å². The summed E-state index contributed by atoms with van der Waals surface area (Å²) in [6.45, 7) is 7.42. The third kappa shape index (κ3) is 3.45. The quantitative estimate of drug-likeness (QED) is 0.718. The van der Waals surface area contributed by atoms with Gasteiger partial charge in [0, 0.05) is 38.1 Å². The molecule has 0 radical (unpaired) electrons. The van der Waals surface area contributed by atoms with Crippen molar-refractivity contribution >= 4 is 11.6 Å². The molecule has 0 saturated carbocycles. The molecule has 1 amide bonds. The molecule has 0 unspecified atom stereocenters. The summed E-state index contributed by atoms with van der Waals surface area (Å²) in [5, 5.41) is 4.47. The fourth-order valence-corrected chi connectivity index (χ4v) is 3.55. The van der Waals surface area contributed by atoms with E-state index < -0.39 is 0 Å². The van der Waals surface area contributed by atoms with E-state index in [0.29, 0.717) is 18.8 Å². The van der Waals surface area contributed by atoms with Gasteiger partial charge in [-0.3, -0.25) is 4.79 Å². The zero-order valence-electron chi connectivity index (χ0n) is 15.8. The molecule has 138 valence electrons. The van der Waals surface area contributed by atoms with Gasteiger partial charge in [0.05, 0.1) is 5.69 Å². The predicted molar refractivity (Wildman–Crippen MR) is 108 cm³/mol. The number of rotatable bonds is 3. The van der Waals surface area contributed by atoms with E-state index in [1.165, 1.54) is 16.8 Å². The van der Waals surface area contributed by atoms with Crippen molar-refractivity contribution in [1.29, 1.82) is 0 Å². The highest BCUT2D eigenvalue weighted by atomic mass is 16.2. The first kappa shape index (κ1) is 17.3. The van der Waals surface area contributed by atoms with Gasteiger partial charge in [-0.15, -0.1) is 0 Å². The second-order valence-corrected chi connectivity index (χ2v) is 6.98. The molecule has 1 aliphatic heterocycles. The van der Waals surface area contributed by atoms with Crippen LogP contribution in [-0.4, -0.2) is 46.8 Å². The molecule has 1 aliphatic rings. The molecule has 4 rings (SSSR count). The van der Waals surface area contributed by atoms with E-state index in [9.17, 15) is 4.79 Å². The topological polar surface area (TPSA) is 41.4 Å². The van der Waals surface area contributed by atoms with Crippen LogP contribution in [0.2, 0.25) is 0 Å². The molecule has 27 heavy (non-hydrogen) atoms. The highest BCUT2D eigenvalue weighted by Crippen LogP contribution is 2.24. The molecule has 2 aromatic carbocycles. The fourth-order valence-electron chi connectivity index (χ4n) is 3.55. The van der Waals surface area contributed by atoms with Crippen LogP contribution in [0.3, 0.4) is 0 Å². The van der Waals surface area contributed by atoms with Gasteiger partial charge >= 0.3 is 0 Å². The van der Waals surface area contributed by atoms with Crippen LogP contribution in [0, 0.1) is 13.8 Å². The Morgan fingerprint density at radius 1 is 0.889 bits per heavy atom. The lowest BCUT2D eigenvalue weighted by molar-refractivity contribution is 0.0740. The van der Waals surface area contributed by atoms with Gasteiger partial charge in [-0.2, -0.15) is 5.10 Å². The third-order valence-electron chi connectivity index (χ3n) is 5.31. The van der Waals surface area contributed by atoms with E-state index >= 15 is 0 Å². The van der Waals surface area contributed by atoms with E-state index in [1.807, 2.05) is 41.4 Å². The first-order valence-corrected chi connectivity index (χ1v) is 9.35. The van der Waals surface area contributed by atoms with Crippen molar-refractivity contribution in [2.45, 2.75) is 13.8 Å². The number of piperazine rings is 1. The predicted octanol–water partition coefficient (Wildman–Crippen LogP) is 3.45. The smallest absolute Gasteiger partial charge is 0.274 e. The maximum absolute atomic E-state index is 12.8. The Bertz CT molecular complexity index is 940. The van der Waals surface area contributed by atoms with E-state index in [4.69, 9.17) is 0 Å². The Morgan fingerprint density at radius 3 is 2.37 bits per heavy atom. The summed E-state index contributed by atoms with van der Waals surface area (Å²) in [6, 6.07) is 18.1. The average molecular weight is 360 g/mol. The standard InChI is InChI=1S/C22H24N4O/c1-17-7-6-10-21(18(17)2)24-13-15-25(16-14-24)22(27)20-11-12-26(23-20)19-8-4-3-5-9-19/h3-12H,13-16H2,1-2H3. The number of para-hydroxylation sites is 1. The van der Waals surface area contributed by atoms with Gasteiger partial charge in [0.1, 0.15) is 0 Å². The Balaban J connectivity index is 1.43. The molecule has 5 heteroatoms. The van der Waals surface area contributed by atoms with Crippen LogP contribution in [0.1, 0.15) is 21.6 Å². The number of aromatic nitrogens is 2. The van der Waals surface area contributed by atoms with Crippen molar-refractivity contribution in [2.75, 3.05) is 31.1 Å². The number of aryl methyl sites for hydroxylation is 1. The molecule has 3 aromatic rings. The number of carbonyl (C=O) groups excluding carboxylic acids is 1. The number of hydrogen-bond donors (Lipinski definition) is 0. The highest BCUT2D eigenvalue weighted by molar-refractivity contribution is 5.92. The largest absolute Gasteiger partial charge is 0.368 e. The van der Waals surface area contributed by atoms with Gasteiger partial charge in [0.25, 0.3) is 5.91 Å². The molecular weight excluding hydrogens is 336 g/mol. The second-order valence-electron chi connectivity index (χ2n) is 6.98. The second kappa shape index (κ2) is 7.27. The summed E-state index contributed by atoms with van der Waals surface area (Å²) in [7, 11) is 0. The third-order valence-corrected chi connectivity index (χ3v) is 5.31. The molecule has 1 aromatic heterocycles. The van der Waals surface area contributed by atoms with Crippen molar-refractivity contribution < 1.29 is 4.79 Å². The molecule has 2 heterocycles. The number of anilines is 1. The van der Waals surface area contributed by atoms with Crippen LogP contribution < -0.4 is 4.90 Å². The zero-order valence-corrected chi connectivity index (χ0v) is 15.8. The van der Waals surface area contributed by atoms with Crippen LogP contribution in [0.15, 0.2) is 60.8 Å². The summed E-state index contributed by atoms with van der Waals surface area (Å²) in [5.74, 6) is 0.00490. The lowest BCUT2D eigenvalue weighted by atomic mass is 10.1. The monoisotopic (exact) mass is 360 g/mol. The van der Waals surface area contributed by atoms with Gasteiger partial charge in [-0.25, -0.2) is 4.68 Å². The van der Waals surface area contributed by atoms with Crippen LogP contribution in [0.5, 0.6) is 0 Å². The Kier molecular flexibility index (Phi) is 4.67. The van der Waals surface area contributed by atoms with Crippen molar-refractivity contribution in [3.8, 4) is 5.69 Å². The molecule has 1 saturated heterocycles. The summed E-state index contributed by atoms with van der Waals surface area (Å²) >= 11 is 0. The molecule has 0 atom stereocenters. The zero-order chi connectivity index (χ0) is 18.8. The van der Waals surface area contributed by atoms with Crippen LogP contribution in [0.4, 0.5) is 5.69 Å². The van der Waals surface area contributed by atoms with Crippen molar-refractivity contribution in [2.24, 2.45) is 0 Å². The van der Waals surface area contributed by atoms with Crippen LogP contribution in [-0.2, 0) is 0 Å². The minimum atomic E-state index is 0.00490. The average Bonchev–Trinajstić information content (AvgIpc) is 3.21. The maximum Gasteiger partial charge on any atom is 0.274 e. The first-order chi connectivity index (χ1) is 13.1. The summed E-state index contributed by atoms with van der Waals surface area (Å²) in [4.78, 5) is 17.1. The number of amides is 1. The molecule has 0 N–H and O–H groups in total. The molecule has 0 spiro atoms. The van der Waals surface area contributed by atoms with Gasteiger partial charge in [0.2, 0.25) is 0 Å². The fraction of sp³-hybridized carbons (Fsp3) is 0.273. The highest BCUT2D eigenvalue weighted by Gasteiger charge is 2.24.